The van der Waals surface area contributed by atoms with Gasteiger partial charge in [-0.15, -0.1) is 0 Å². The molecule has 1 rings (SSSR count). The zero-order valence-electron chi connectivity index (χ0n) is 8.53. The highest BCUT2D eigenvalue weighted by molar-refractivity contribution is 5.56. The van der Waals surface area contributed by atoms with Crippen molar-refractivity contribution < 1.29 is 4.84 Å². The van der Waals surface area contributed by atoms with Gasteiger partial charge in [0.1, 0.15) is 18.4 Å². The van der Waals surface area contributed by atoms with Gasteiger partial charge in [0.25, 0.3) is 0 Å². The van der Waals surface area contributed by atoms with E-state index in [0.29, 0.717) is 0 Å². The van der Waals surface area contributed by atoms with E-state index in [2.05, 4.69) is 20.8 Å². The second kappa shape index (κ2) is 5.18. The van der Waals surface area contributed by atoms with Gasteiger partial charge in [0, 0.05) is 25.7 Å². The molecule has 0 saturated heterocycles. The Morgan fingerprint density at radius 1 is 1.36 bits per heavy atom. The molecule has 0 aliphatic rings. The Bertz CT molecular complexity index is 325. The van der Waals surface area contributed by atoms with E-state index >= 15 is 0 Å². The lowest BCUT2D eigenvalue weighted by atomic mass is 10.2. The average molecular weight is 194 g/mol. The summed E-state index contributed by atoms with van der Waals surface area (Å²) in [6.45, 7) is 1.95. The van der Waals surface area contributed by atoms with Crippen molar-refractivity contribution in [1.82, 2.24) is 15.4 Å². The van der Waals surface area contributed by atoms with Crippen LogP contribution < -0.4 is 10.8 Å². The molecule has 5 heteroatoms. The zero-order valence-corrected chi connectivity index (χ0v) is 8.53. The van der Waals surface area contributed by atoms with E-state index in [1.807, 2.05) is 14.0 Å². The molecule has 1 aromatic heterocycles. The van der Waals surface area contributed by atoms with Crippen molar-refractivity contribution in [3.05, 3.63) is 23.8 Å². The van der Waals surface area contributed by atoms with Crippen molar-refractivity contribution in [2.75, 3.05) is 19.4 Å². The molecule has 0 aliphatic heterocycles. The predicted molar refractivity (Wildman–Crippen MR) is 55.5 cm³/mol. The molecule has 0 radical (unpaired) electrons. The third-order valence-electron chi connectivity index (χ3n) is 1.77. The van der Waals surface area contributed by atoms with Gasteiger partial charge >= 0.3 is 0 Å². The van der Waals surface area contributed by atoms with Gasteiger partial charge in [-0.1, -0.05) is 0 Å². The number of hydrogen-bond donors (Lipinski definition) is 2. The largest absolute Gasteiger partial charge is 0.417 e. The van der Waals surface area contributed by atoms with Crippen molar-refractivity contribution >= 4 is 11.9 Å². The van der Waals surface area contributed by atoms with Gasteiger partial charge in [-0.05, 0) is 6.92 Å². The highest BCUT2D eigenvalue weighted by atomic mass is 16.6. The van der Waals surface area contributed by atoms with Gasteiger partial charge in [-0.2, -0.15) is 5.48 Å². The summed E-state index contributed by atoms with van der Waals surface area (Å²) >= 11 is 0. The highest BCUT2D eigenvalue weighted by Gasteiger charge is 2.01. The molecule has 0 amide bonds. The minimum absolute atomic E-state index is 0.823. The van der Waals surface area contributed by atoms with Crippen LogP contribution in [0.1, 0.15) is 11.3 Å². The van der Waals surface area contributed by atoms with Crippen molar-refractivity contribution in [1.29, 1.82) is 0 Å². The van der Waals surface area contributed by atoms with Gasteiger partial charge < -0.3 is 10.2 Å². The van der Waals surface area contributed by atoms with Gasteiger partial charge in [-0.3, -0.25) is 0 Å². The normalized spacial score (nSPS) is 10.5. The lowest BCUT2D eigenvalue weighted by Crippen LogP contribution is -2.01. The lowest BCUT2D eigenvalue weighted by molar-refractivity contribution is 0.161. The summed E-state index contributed by atoms with van der Waals surface area (Å²) in [5, 5.41) is 2.98. The SMILES string of the molecule is CNO/C=C/c1ncnc(NC)c1C. The molecule has 0 atom stereocenters. The standard InChI is InChI=1S/C9H14N4O/c1-7-8(4-5-14-11-3)12-6-13-9(7)10-2/h4-6,11H,1-3H3,(H,10,12,13)/b5-4+. The summed E-state index contributed by atoms with van der Waals surface area (Å²) < 4.78 is 0. The molecule has 0 bridgehead atoms. The van der Waals surface area contributed by atoms with Gasteiger partial charge in [0.2, 0.25) is 0 Å². The molecule has 5 nitrogen and oxygen atoms in total. The molecular formula is C9H14N4O. The maximum Gasteiger partial charge on any atom is 0.132 e. The summed E-state index contributed by atoms with van der Waals surface area (Å²) in [5.74, 6) is 0.823. The van der Waals surface area contributed by atoms with Gasteiger partial charge in [-0.25, -0.2) is 9.97 Å². The molecule has 76 valence electrons. The summed E-state index contributed by atoms with van der Waals surface area (Å²) in [6, 6.07) is 0. The van der Waals surface area contributed by atoms with Crippen LogP contribution in [0.5, 0.6) is 0 Å². The van der Waals surface area contributed by atoms with Crippen LogP contribution >= 0.6 is 0 Å². The quantitative estimate of drug-likeness (QED) is 0.552. The number of aromatic nitrogens is 2. The maximum absolute atomic E-state index is 4.85. The van der Waals surface area contributed by atoms with E-state index in [-0.39, 0.29) is 0 Å². The van der Waals surface area contributed by atoms with Crippen LogP contribution in [0, 0.1) is 6.92 Å². The summed E-state index contributed by atoms with van der Waals surface area (Å²) in [7, 11) is 3.52. The molecule has 0 spiro atoms. The second-order valence-corrected chi connectivity index (χ2v) is 2.61. The number of anilines is 1. The molecular weight excluding hydrogens is 180 g/mol. The van der Waals surface area contributed by atoms with Gasteiger partial charge in [0.15, 0.2) is 0 Å². The highest BCUT2D eigenvalue weighted by Crippen LogP contribution is 2.13. The fourth-order valence-corrected chi connectivity index (χ4v) is 1.05. The van der Waals surface area contributed by atoms with Crippen molar-refractivity contribution in [3.63, 3.8) is 0 Å². The van der Waals surface area contributed by atoms with Gasteiger partial charge in [0.05, 0.1) is 5.69 Å². The third-order valence-corrected chi connectivity index (χ3v) is 1.77. The minimum atomic E-state index is 0.823. The number of nitrogens with one attached hydrogen (secondary N) is 2. The van der Waals surface area contributed by atoms with Crippen LogP contribution in [0.15, 0.2) is 12.6 Å². The third kappa shape index (κ3) is 2.43. The molecule has 0 unspecified atom stereocenters. The number of hydroxylamine groups is 1. The molecule has 2 N–H and O–H groups in total. The number of hydrogen-bond acceptors (Lipinski definition) is 5. The number of nitrogens with zero attached hydrogens (tertiary/aromatic N) is 2. The Labute approximate surface area is 83.2 Å². The first-order chi connectivity index (χ1) is 6.79. The molecule has 0 aliphatic carbocycles. The fourth-order valence-electron chi connectivity index (χ4n) is 1.05. The molecule has 0 fully saturated rings. The van der Waals surface area contributed by atoms with E-state index in [9.17, 15) is 0 Å². The van der Waals surface area contributed by atoms with Crippen LogP contribution in [0.4, 0.5) is 5.82 Å². The Morgan fingerprint density at radius 3 is 2.79 bits per heavy atom. The van der Waals surface area contributed by atoms with Crippen LogP contribution in [0.25, 0.3) is 6.08 Å². The topological polar surface area (TPSA) is 59.1 Å². The fraction of sp³-hybridized carbons (Fsp3) is 0.333. The first kappa shape index (κ1) is 10.5. The smallest absolute Gasteiger partial charge is 0.132 e. The monoisotopic (exact) mass is 194 g/mol. The number of rotatable bonds is 4. The van der Waals surface area contributed by atoms with E-state index in [1.165, 1.54) is 12.6 Å². The van der Waals surface area contributed by atoms with E-state index in [4.69, 9.17) is 4.84 Å². The van der Waals surface area contributed by atoms with Crippen molar-refractivity contribution in [2.24, 2.45) is 0 Å². The Balaban J connectivity index is 2.86. The first-order valence-electron chi connectivity index (χ1n) is 4.28. The zero-order chi connectivity index (χ0) is 10.4. The Morgan fingerprint density at radius 2 is 2.14 bits per heavy atom. The summed E-state index contributed by atoms with van der Waals surface area (Å²) in [6.07, 6.45) is 4.82. The Hall–Kier alpha value is -1.62. The van der Waals surface area contributed by atoms with Crippen LogP contribution in [0.3, 0.4) is 0 Å². The van der Waals surface area contributed by atoms with E-state index in [0.717, 1.165) is 17.1 Å². The predicted octanol–water partition coefficient (Wildman–Crippen LogP) is 0.948. The molecule has 1 heterocycles. The Kier molecular flexibility index (Phi) is 3.87. The first-order valence-corrected chi connectivity index (χ1v) is 4.28. The maximum atomic E-state index is 4.85. The molecule has 0 saturated carbocycles. The van der Waals surface area contributed by atoms with Crippen molar-refractivity contribution in [3.8, 4) is 0 Å². The molecule has 1 aromatic rings. The molecule has 14 heavy (non-hydrogen) atoms. The summed E-state index contributed by atoms with van der Waals surface area (Å²) in [4.78, 5) is 13.0. The van der Waals surface area contributed by atoms with Crippen LogP contribution in [0.2, 0.25) is 0 Å². The average Bonchev–Trinajstić information content (AvgIpc) is 2.21. The minimum Gasteiger partial charge on any atom is -0.417 e. The van der Waals surface area contributed by atoms with E-state index < -0.39 is 0 Å². The summed E-state index contributed by atoms with van der Waals surface area (Å²) in [5.41, 5.74) is 4.36. The van der Waals surface area contributed by atoms with Crippen LogP contribution in [-0.2, 0) is 4.84 Å². The molecule has 0 aromatic carbocycles. The van der Waals surface area contributed by atoms with Crippen molar-refractivity contribution in [2.45, 2.75) is 6.92 Å². The second-order valence-electron chi connectivity index (χ2n) is 2.61. The van der Waals surface area contributed by atoms with Crippen LogP contribution in [-0.4, -0.2) is 24.1 Å². The lowest BCUT2D eigenvalue weighted by Gasteiger charge is -2.04. The van der Waals surface area contributed by atoms with E-state index in [1.54, 1.807) is 13.1 Å².